The molecule has 0 spiro atoms. The number of nitrogens with one attached hydrogen (secondary N) is 1. The van der Waals surface area contributed by atoms with Gasteiger partial charge in [0.2, 0.25) is 10.0 Å². The minimum atomic E-state index is -3.81. The largest absolute Gasteiger partial charge is 0.465 e. The minimum Gasteiger partial charge on any atom is -0.465 e. The average molecular weight is 361 g/mol. The molecule has 0 aliphatic heterocycles. The summed E-state index contributed by atoms with van der Waals surface area (Å²) in [5.74, 6) is -0.657. The molecule has 7 heteroatoms. The molecule has 24 heavy (non-hydrogen) atoms. The Kier molecular flexibility index (Phi) is 4.66. The van der Waals surface area contributed by atoms with E-state index < -0.39 is 16.0 Å². The molecule has 0 radical (unpaired) electrons. The Morgan fingerprint density at radius 2 is 1.88 bits per heavy atom. The standard InChI is InChI=1S/C17H15NO4S2/c1-22-17(19)16-15(9-10-23-16)24(20,21)18-11-13-7-4-6-12-5-2-3-8-14(12)13/h2-10,18H,11H2,1H3. The van der Waals surface area contributed by atoms with Crippen LogP contribution in [0.1, 0.15) is 15.2 Å². The fourth-order valence-electron chi connectivity index (χ4n) is 2.45. The van der Waals surface area contributed by atoms with E-state index in [-0.39, 0.29) is 16.3 Å². The highest BCUT2D eigenvalue weighted by Gasteiger charge is 2.24. The van der Waals surface area contributed by atoms with Crippen LogP contribution in [0.4, 0.5) is 0 Å². The van der Waals surface area contributed by atoms with Gasteiger partial charge in [-0.1, -0.05) is 42.5 Å². The molecule has 0 saturated carbocycles. The molecular formula is C17H15NO4S2. The van der Waals surface area contributed by atoms with E-state index in [1.165, 1.54) is 13.2 Å². The highest BCUT2D eigenvalue weighted by molar-refractivity contribution is 7.89. The third-order valence-electron chi connectivity index (χ3n) is 3.62. The predicted molar refractivity (Wildman–Crippen MR) is 93.6 cm³/mol. The first-order valence-corrected chi connectivity index (χ1v) is 9.51. The number of thiophene rings is 1. The van der Waals surface area contributed by atoms with Crippen LogP contribution in [0, 0.1) is 0 Å². The molecule has 0 bridgehead atoms. The normalized spacial score (nSPS) is 11.5. The van der Waals surface area contributed by atoms with Crippen molar-refractivity contribution in [3.05, 3.63) is 64.4 Å². The molecule has 124 valence electrons. The molecule has 0 atom stereocenters. The molecule has 0 amide bonds. The summed E-state index contributed by atoms with van der Waals surface area (Å²) < 4.78 is 32.3. The van der Waals surface area contributed by atoms with Gasteiger partial charge in [-0.25, -0.2) is 17.9 Å². The summed E-state index contributed by atoms with van der Waals surface area (Å²) in [6.45, 7) is 0.139. The average Bonchev–Trinajstić information content (AvgIpc) is 3.10. The van der Waals surface area contributed by atoms with Gasteiger partial charge in [-0.05, 0) is 27.8 Å². The van der Waals surface area contributed by atoms with Gasteiger partial charge in [-0.2, -0.15) is 0 Å². The van der Waals surface area contributed by atoms with Crippen LogP contribution in [-0.2, 0) is 21.3 Å². The van der Waals surface area contributed by atoms with Gasteiger partial charge in [0.25, 0.3) is 0 Å². The van der Waals surface area contributed by atoms with Gasteiger partial charge >= 0.3 is 5.97 Å². The molecule has 1 aromatic heterocycles. The van der Waals surface area contributed by atoms with Crippen molar-refractivity contribution in [3.63, 3.8) is 0 Å². The number of ether oxygens (including phenoxy) is 1. The van der Waals surface area contributed by atoms with Crippen molar-refractivity contribution < 1.29 is 17.9 Å². The third-order valence-corrected chi connectivity index (χ3v) is 6.09. The number of esters is 1. The number of hydrogen-bond donors (Lipinski definition) is 1. The molecule has 0 unspecified atom stereocenters. The molecule has 3 aromatic rings. The highest BCUT2D eigenvalue weighted by atomic mass is 32.2. The number of fused-ring (bicyclic) bond motifs is 1. The minimum absolute atomic E-state index is 0.0559. The van der Waals surface area contributed by atoms with Crippen LogP contribution in [-0.4, -0.2) is 21.5 Å². The number of hydrogen-bond acceptors (Lipinski definition) is 5. The second-order valence-electron chi connectivity index (χ2n) is 5.07. The topological polar surface area (TPSA) is 72.5 Å². The van der Waals surface area contributed by atoms with Crippen molar-refractivity contribution >= 4 is 38.1 Å². The molecular weight excluding hydrogens is 346 g/mol. The molecule has 5 nitrogen and oxygen atoms in total. The maximum Gasteiger partial charge on any atom is 0.349 e. The lowest BCUT2D eigenvalue weighted by Crippen LogP contribution is -2.24. The van der Waals surface area contributed by atoms with Crippen molar-refractivity contribution in [2.24, 2.45) is 0 Å². The number of carbonyl (C=O) groups excluding carboxylic acids is 1. The fourth-order valence-corrected chi connectivity index (χ4v) is 4.79. The third kappa shape index (κ3) is 3.19. The lowest BCUT2D eigenvalue weighted by Gasteiger charge is -2.09. The number of rotatable bonds is 5. The summed E-state index contributed by atoms with van der Waals surface area (Å²) in [4.78, 5) is 11.7. The van der Waals surface area contributed by atoms with Gasteiger partial charge in [-0.3, -0.25) is 0 Å². The number of benzene rings is 2. The van der Waals surface area contributed by atoms with Crippen LogP contribution in [0.2, 0.25) is 0 Å². The summed E-state index contributed by atoms with van der Waals surface area (Å²) in [6, 6.07) is 14.9. The molecule has 1 N–H and O–H groups in total. The van der Waals surface area contributed by atoms with Crippen LogP contribution in [0.3, 0.4) is 0 Å². The van der Waals surface area contributed by atoms with Gasteiger partial charge in [0.15, 0.2) is 0 Å². The maximum absolute atomic E-state index is 12.5. The van der Waals surface area contributed by atoms with Gasteiger partial charge in [0, 0.05) is 6.54 Å². The van der Waals surface area contributed by atoms with Crippen molar-refractivity contribution in [2.45, 2.75) is 11.4 Å². The second kappa shape index (κ2) is 6.72. The summed E-state index contributed by atoms with van der Waals surface area (Å²) in [5.41, 5.74) is 0.867. The Morgan fingerprint density at radius 3 is 2.67 bits per heavy atom. The second-order valence-corrected chi connectivity index (χ2v) is 7.72. The van der Waals surface area contributed by atoms with Crippen LogP contribution in [0.15, 0.2) is 58.8 Å². The quantitative estimate of drug-likeness (QED) is 0.709. The van der Waals surface area contributed by atoms with E-state index in [4.69, 9.17) is 0 Å². The van der Waals surface area contributed by atoms with Gasteiger partial charge in [-0.15, -0.1) is 11.3 Å². The van der Waals surface area contributed by atoms with E-state index in [1.807, 2.05) is 42.5 Å². The zero-order valence-electron chi connectivity index (χ0n) is 12.9. The van der Waals surface area contributed by atoms with Crippen LogP contribution < -0.4 is 4.72 Å². The molecule has 0 aliphatic carbocycles. The Hall–Kier alpha value is -2.22. The number of sulfonamides is 1. The smallest absolute Gasteiger partial charge is 0.349 e. The van der Waals surface area contributed by atoms with Crippen LogP contribution >= 0.6 is 11.3 Å². The zero-order valence-corrected chi connectivity index (χ0v) is 14.5. The van der Waals surface area contributed by atoms with Crippen molar-refractivity contribution in [1.82, 2.24) is 4.72 Å². The van der Waals surface area contributed by atoms with Gasteiger partial charge < -0.3 is 4.74 Å². The number of carbonyl (C=O) groups is 1. The van der Waals surface area contributed by atoms with E-state index in [0.717, 1.165) is 27.7 Å². The molecule has 0 fully saturated rings. The zero-order chi connectivity index (χ0) is 17.2. The van der Waals surface area contributed by atoms with Gasteiger partial charge in [0.05, 0.1) is 7.11 Å². The summed E-state index contributed by atoms with van der Waals surface area (Å²) >= 11 is 1.04. The molecule has 1 heterocycles. The lowest BCUT2D eigenvalue weighted by atomic mass is 10.1. The fraction of sp³-hybridized carbons (Fsp3) is 0.118. The summed E-state index contributed by atoms with van der Waals surface area (Å²) in [5, 5.41) is 3.58. The first-order chi connectivity index (χ1) is 11.5. The van der Waals surface area contributed by atoms with Crippen LogP contribution in [0.5, 0.6) is 0 Å². The Bertz CT molecular complexity index is 987. The van der Waals surface area contributed by atoms with E-state index in [9.17, 15) is 13.2 Å². The first-order valence-electron chi connectivity index (χ1n) is 7.15. The van der Waals surface area contributed by atoms with E-state index in [1.54, 1.807) is 5.38 Å². The molecule has 0 aliphatic rings. The van der Waals surface area contributed by atoms with E-state index >= 15 is 0 Å². The highest BCUT2D eigenvalue weighted by Crippen LogP contribution is 2.24. The first kappa shape index (κ1) is 16.6. The Morgan fingerprint density at radius 1 is 1.12 bits per heavy atom. The van der Waals surface area contributed by atoms with Crippen molar-refractivity contribution in [2.75, 3.05) is 7.11 Å². The monoisotopic (exact) mass is 361 g/mol. The number of methoxy groups -OCH3 is 1. The summed E-state index contributed by atoms with van der Waals surface area (Å²) in [7, 11) is -2.59. The molecule has 3 rings (SSSR count). The Balaban J connectivity index is 1.88. The molecule has 0 saturated heterocycles. The van der Waals surface area contributed by atoms with Gasteiger partial charge in [0.1, 0.15) is 9.77 Å². The van der Waals surface area contributed by atoms with Crippen LogP contribution in [0.25, 0.3) is 10.8 Å². The maximum atomic E-state index is 12.5. The van der Waals surface area contributed by atoms with E-state index in [0.29, 0.717) is 0 Å². The van der Waals surface area contributed by atoms with E-state index in [2.05, 4.69) is 9.46 Å². The predicted octanol–water partition coefficient (Wildman–Crippen LogP) is 3.17. The Labute approximate surface area is 143 Å². The van der Waals surface area contributed by atoms with Crippen molar-refractivity contribution in [1.29, 1.82) is 0 Å². The van der Waals surface area contributed by atoms with Crippen molar-refractivity contribution in [3.8, 4) is 0 Å². The molecule has 2 aromatic carbocycles. The summed E-state index contributed by atoms with van der Waals surface area (Å²) in [6.07, 6.45) is 0. The lowest BCUT2D eigenvalue weighted by molar-refractivity contribution is 0.0602. The SMILES string of the molecule is COC(=O)c1sccc1S(=O)(=O)NCc1cccc2ccccc12.